The Bertz CT molecular complexity index is 673. The summed E-state index contributed by atoms with van der Waals surface area (Å²) >= 11 is 0. The van der Waals surface area contributed by atoms with Crippen LogP contribution in [-0.2, 0) is 0 Å². The lowest BCUT2D eigenvalue weighted by atomic mass is 10.0. The molecule has 3 rings (SSSR count). The summed E-state index contributed by atoms with van der Waals surface area (Å²) in [7, 11) is 0. The third-order valence-corrected chi connectivity index (χ3v) is 4.42. The average molecular weight is 330 g/mol. The molecule has 5 heteroatoms. The van der Waals surface area contributed by atoms with Gasteiger partial charge >= 0.3 is 0 Å². The second kappa shape index (κ2) is 7.62. The van der Waals surface area contributed by atoms with Crippen molar-refractivity contribution in [3.63, 3.8) is 0 Å². The van der Waals surface area contributed by atoms with Crippen molar-refractivity contribution in [2.75, 3.05) is 19.6 Å². The van der Waals surface area contributed by atoms with Crippen molar-refractivity contribution in [3.05, 3.63) is 48.0 Å². The zero-order valence-electron chi connectivity index (χ0n) is 13.9. The van der Waals surface area contributed by atoms with Crippen molar-refractivity contribution in [1.82, 2.24) is 10.2 Å². The first-order valence-corrected chi connectivity index (χ1v) is 8.54. The number of likely N-dealkylation sites (tertiary alicyclic amines) is 1. The molecule has 1 fully saturated rings. The predicted octanol–water partition coefficient (Wildman–Crippen LogP) is 3.69. The van der Waals surface area contributed by atoms with Gasteiger partial charge in [-0.25, -0.2) is 4.39 Å². The third-order valence-electron chi connectivity index (χ3n) is 4.42. The van der Waals surface area contributed by atoms with E-state index in [4.69, 9.17) is 4.42 Å². The lowest BCUT2D eigenvalue weighted by Gasteiger charge is -2.31. The number of furan rings is 1. The first-order chi connectivity index (χ1) is 11.7. The summed E-state index contributed by atoms with van der Waals surface area (Å²) in [6, 6.07) is 9.64. The quantitative estimate of drug-likeness (QED) is 0.909. The van der Waals surface area contributed by atoms with Crippen molar-refractivity contribution in [2.24, 2.45) is 0 Å². The second-order valence-corrected chi connectivity index (χ2v) is 6.26. The van der Waals surface area contributed by atoms with Crippen LogP contribution < -0.4 is 5.32 Å². The minimum Gasteiger partial charge on any atom is -0.451 e. The van der Waals surface area contributed by atoms with Crippen molar-refractivity contribution in [1.29, 1.82) is 0 Å². The van der Waals surface area contributed by atoms with Crippen LogP contribution in [0.4, 0.5) is 4.39 Å². The summed E-state index contributed by atoms with van der Waals surface area (Å²) in [5, 5.41) is 3.05. The molecule has 128 valence electrons. The van der Waals surface area contributed by atoms with Gasteiger partial charge in [0, 0.05) is 24.7 Å². The Labute approximate surface area is 141 Å². The highest BCUT2D eigenvalue weighted by Crippen LogP contribution is 2.22. The van der Waals surface area contributed by atoms with Crippen molar-refractivity contribution >= 4 is 5.91 Å². The molecule has 0 bridgehead atoms. The van der Waals surface area contributed by atoms with Gasteiger partial charge in [-0.15, -0.1) is 0 Å². The van der Waals surface area contributed by atoms with Crippen LogP contribution in [0.15, 0.2) is 40.8 Å². The molecule has 1 aromatic heterocycles. The molecule has 1 aliphatic rings. The molecule has 4 nitrogen and oxygen atoms in total. The molecule has 0 aliphatic carbocycles. The zero-order chi connectivity index (χ0) is 16.9. The van der Waals surface area contributed by atoms with E-state index < -0.39 is 0 Å². The number of carbonyl (C=O) groups excluding carboxylic acids is 1. The van der Waals surface area contributed by atoms with Gasteiger partial charge in [0.25, 0.3) is 5.91 Å². The van der Waals surface area contributed by atoms with Gasteiger partial charge in [-0.1, -0.05) is 6.92 Å². The number of nitrogens with one attached hydrogen (secondary N) is 1. The van der Waals surface area contributed by atoms with E-state index in [1.54, 1.807) is 24.3 Å². The Kier molecular flexibility index (Phi) is 5.30. The molecule has 1 N–H and O–H groups in total. The van der Waals surface area contributed by atoms with E-state index in [2.05, 4.69) is 17.1 Å². The number of amides is 1. The van der Waals surface area contributed by atoms with Crippen LogP contribution in [0.25, 0.3) is 11.3 Å². The lowest BCUT2D eigenvalue weighted by molar-refractivity contribution is 0.0884. The highest BCUT2D eigenvalue weighted by atomic mass is 19.1. The highest BCUT2D eigenvalue weighted by molar-refractivity contribution is 5.92. The van der Waals surface area contributed by atoms with E-state index >= 15 is 0 Å². The van der Waals surface area contributed by atoms with E-state index in [-0.39, 0.29) is 17.8 Å². The minimum atomic E-state index is -0.294. The van der Waals surface area contributed by atoms with E-state index in [9.17, 15) is 9.18 Å². The maximum atomic E-state index is 13.0. The molecule has 0 spiro atoms. The molecule has 1 aliphatic heterocycles. The lowest BCUT2D eigenvalue weighted by Crippen LogP contribution is -2.44. The largest absolute Gasteiger partial charge is 0.451 e. The molecule has 0 saturated carbocycles. The smallest absolute Gasteiger partial charge is 0.287 e. The first-order valence-electron chi connectivity index (χ1n) is 8.54. The summed E-state index contributed by atoms with van der Waals surface area (Å²) in [4.78, 5) is 14.8. The SMILES string of the molecule is CCCN1CCC(NC(=O)c2ccc(-c3ccc(F)cc3)o2)CC1. The number of halogens is 1. The van der Waals surface area contributed by atoms with Gasteiger partial charge in [-0.3, -0.25) is 4.79 Å². The molecular weight excluding hydrogens is 307 g/mol. The second-order valence-electron chi connectivity index (χ2n) is 6.26. The molecule has 1 saturated heterocycles. The Morgan fingerprint density at radius 1 is 1.21 bits per heavy atom. The average Bonchev–Trinajstić information content (AvgIpc) is 3.08. The number of nitrogens with zero attached hydrogens (tertiary/aromatic N) is 1. The minimum absolute atomic E-state index is 0.183. The van der Waals surface area contributed by atoms with Gasteiger partial charge in [-0.2, -0.15) is 0 Å². The molecule has 0 atom stereocenters. The maximum Gasteiger partial charge on any atom is 0.287 e. The van der Waals surface area contributed by atoms with Gasteiger partial charge in [0.15, 0.2) is 5.76 Å². The molecular formula is C19H23FN2O2. The van der Waals surface area contributed by atoms with Crippen LogP contribution in [0.3, 0.4) is 0 Å². The Hall–Kier alpha value is -2.14. The van der Waals surface area contributed by atoms with Crippen LogP contribution in [0.1, 0.15) is 36.7 Å². The number of carbonyl (C=O) groups is 1. The van der Waals surface area contributed by atoms with Gasteiger partial charge in [0.2, 0.25) is 0 Å². The van der Waals surface area contributed by atoms with E-state index in [1.807, 2.05) is 0 Å². The van der Waals surface area contributed by atoms with Crippen molar-refractivity contribution in [3.8, 4) is 11.3 Å². The molecule has 0 radical (unpaired) electrons. The normalized spacial score (nSPS) is 16.2. The number of hydrogen-bond acceptors (Lipinski definition) is 3. The van der Waals surface area contributed by atoms with Crippen LogP contribution in [0.2, 0.25) is 0 Å². The molecule has 0 unspecified atom stereocenters. The molecule has 1 amide bonds. The van der Waals surface area contributed by atoms with Crippen LogP contribution >= 0.6 is 0 Å². The van der Waals surface area contributed by atoms with Gasteiger partial charge in [-0.05, 0) is 62.2 Å². The van der Waals surface area contributed by atoms with Crippen LogP contribution in [0.5, 0.6) is 0 Å². The summed E-state index contributed by atoms with van der Waals surface area (Å²) in [6.45, 7) is 5.36. The third kappa shape index (κ3) is 4.03. The number of piperidine rings is 1. The summed E-state index contributed by atoms with van der Waals surface area (Å²) in [5.74, 6) is 0.387. The van der Waals surface area contributed by atoms with Crippen LogP contribution in [0, 0.1) is 5.82 Å². The number of hydrogen-bond donors (Lipinski definition) is 1. The summed E-state index contributed by atoms with van der Waals surface area (Å²) in [6.07, 6.45) is 3.10. The van der Waals surface area contributed by atoms with Crippen LogP contribution in [-0.4, -0.2) is 36.5 Å². The molecule has 2 aromatic rings. The topological polar surface area (TPSA) is 45.5 Å². The Morgan fingerprint density at radius 3 is 2.58 bits per heavy atom. The zero-order valence-corrected chi connectivity index (χ0v) is 13.9. The standard InChI is InChI=1S/C19H23FN2O2/c1-2-11-22-12-9-16(10-13-22)21-19(23)18-8-7-17(24-18)14-3-5-15(20)6-4-14/h3-8,16H,2,9-13H2,1H3,(H,21,23). The molecule has 1 aromatic carbocycles. The Morgan fingerprint density at radius 2 is 1.92 bits per heavy atom. The number of benzene rings is 1. The van der Waals surface area contributed by atoms with E-state index in [1.165, 1.54) is 12.1 Å². The monoisotopic (exact) mass is 330 g/mol. The first kappa shape index (κ1) is 16.7. The van der Waals surface area contributed by atoms with Crippen molar-refractivity contribution in [2.45, 2.75) is 32.2 Å². The van der Waals surface area contributed by atoms with Gasteiger partial charge in [0.1, 0.15) is 11.6 Å². The van der Waals surface area contributed by atoms with Crippen molar-refractivity contribution < 1.29 is 13.6 Å². The predicted molar refractivity (Wildman–Crippen MR) is 91.3 cm³/mol. The fourth-order valence-electron chi connectivity index (χ4n) is 3.10. The Balaban J connectivity index is 1.57. The summed E-state index contributed by atoms with van der Waals surface area (Å²) in [5.41, 5.74) is 0.753. The number of rotatable bonds is 5. The fourth-order valence-corrected chi connectivity index (χ4v) is 3.10. The van der Waals surface area contributed by atoms with Gasteiger partial charge in [0.05, 0.1) is 0 Å². The highest BCUT2D eigenvalue weighted by Gasteiger charge is 2.22. The van der Waals surface area contributed by atoms with E-state index in [0.29, 0.717) is 11.5 Å². The summed E-state index contributed by atoms with van der Waals surface area (Å²) < 4.78 is 18.6. The van der Waals surface area contributed by atoms with E-state index in [0.717, 1.165) is 44.5 Å². The molecule has 24 heavy (non-hydrogen) atoms. The maximum absolute atomic E-state index is 13.0. The van der Waals surface area contributed by atoms with Gasteiger partial charge < -0.3 is 14.6 Å². The fraction of sp³-hybridized carbons (Fsp3) is 0.421. The molecule has 2 heterocycles.